The highest BCUT2D eigenvalue weighted by molar-refractivity contribution is 9.10. The molecule has 0 unspecified atom stereocenters. The van der Waals surface area contributed by atoms with E-state index >= 15 is 0 Å². The van der Waals surface area contributed by atoms with Gasteiger partial charge in [-0.15, -0.1) is 0 Å². The number of hydrogen-bond acceptors (Lipinski definition) is 2. The number of pyridine rings is 1. The Morgan fingerprint density at radius 3 is 2.86 bits per heavy atom. The van der Waals surface area contributed by atoms with Gasteiger partial charge in [-0.1, -0.05) is 34.1 Å². The van der Waals surface area contributed by atoms with E-state index < -0.39 is 0 Å². The van der Waals surface area contributed by atoms with Gasteiger partial charge in [-0.3, -0.25) is 4.98 Å². The third kappa shape index (κ3) is 2.76. The van der Waals surface area contributed by atoms with Gasteiger partial charge in [-0.25, -0.2) is 4.39 Å². The van der Waals surface area contributed by atoms with Crippen molar-refractivity contribution < 1.29 is 4.39 Å². The third-order valence-corrected chi connectivity index (χ3v) is 4.23. The van der Waals surface area contributed by atoms with Gasteiger partial charge in [-0.2, -0.15) is 0 Å². The molecule has 0 aliphatic carbocycles. The summed E-state index contributed by atoms with van der Waals surface area (Å²) in [7, 11) is 0. The van der Waals surface area contributed by atoms with Gasteiger partial charge < -0.3 is 5.32 Å². The van der Waals surface area contributed by atoms with Crippen molar-refractivity contribution in [3.63, 3.8) is 0 Å². The Labute approximate surface area is 131 Å². The number of nitrogens with zero attached hydrogens (tertiary/aromatic N) is 1. The fraction of sp³-hybridized carbons (Fsp3) is 0.118. The first-order chi connectivity index (χ1) is 10.2. The number of rotatable bonds is 3. The number of aromatic nitrogens is 1. The van der Waals surface area contributed by atoms with Gasteiger partial charge >= 0.3 is 0 Å². The summed E-state index contributed by atoms with van der Waals surface area (Å²) in [5, 5.41) is 4.36. The summed E-state index contributed by atoms with van der Waals surface area (Å²) in [6.45, 7) is 2.38. The SMILES string of the molecule is Cc1c(F)cccc1NCc1ccc(Br)c2cccnc12. The molecule has 3 rings (SSSR count). The number of halogens is 2. The van der Waals surface area contributed by atoms with Crippen molar-refractivity contribution in [3.8, 4) is 0 Å². The van der Waals surface area contributed by atoms with E-state index in [9.17, 15) is 4.39 Å². The summed E-state index contributed by atoms with van der Waals surface area (Å²) in [4.78, 5) is 4.45. The van der Waals surface area contributed by atoms with Crippen LogP contribution in [-0.4, -0.2) is 4.98 Å². The van der Waals surface area contributed by atoms with E-state index in [2.05, 4.69) is 26.2 Å². The summed E-state index contributed by atoms with van der Waals surface area (Å²) in [6, 6.07) is 13.1. The average Bonchev–Trinajstić information content (AvgIpc) is 2.51. The van der Waals surface area contributed by atoms with Gasteiger partial charge in [0.2, 0.25) is 0 Å². The molecular weight excluding hydrogens is 331 g/mol. The van der Waals surface area contributed by atoms with Gasteiger partial charge in [0, 0.05) is 33.9 Å². The molecule has 106 valence electrons. The van der Waals surface area contributed by atoms with Crippen LogP contribution >= 0.6 is 15.9 Å². The van der Waals surface area contributed by atoms with E-state index in [4.69, 9.17) is 0 Å². The van der Waals surface area contributed by atoms with Crippen molar-refractivity contribution in [1.82, 2.24) is 4.98 Å². The van der Waals surface area contributed by atoms with Gasteiger partial charge in [0.15, 0.2) is 0 Å². The molecule has 2 aromatic carbocycles. The number of fused-ring (bicyclic) bond motifs is 1. The number of hydrogen-bond donors (Lipinski definition) is 1. The fourth-order valence-corrected chi connectivity index (χ4v) is 2.78. The highest BCUT2D eigenvalue weighted by atomic mass is 79.9. The van der Waals surface area contributed by atoms with Gasteiger partial charge in [-0.05, 0) is 36.8 Å². The predicted octanol–water partition coefficient (Wildman–Crippen LogP) is 5.06. The number of nitrogens with one attached hydrogen (secondary N) is 1. The van der Waals surface area contributed by atoms with E-state index in [0.29, 0.717) is 12.1 Å². The summed E-state index contributed by atoms with van der Waals surface area (Å²) >= 11 is 3.54. The molecule has 0 radical (unpaired) electrons. The van der Waals surface area contributed by atoms with E-state index in [1.54, 1.807) is 19.2 Å². The molecule has 0 fully saturated rings. The quantitative estimate of drug-likeness (QED) is 0.718. The van der Waals surface area contributed by atoms with Crippen LogP contribution < -0.4 is 5.32 Å². The van der Waals surface area contributed by atoms with Crippen LogP contribution in [0.15, 0.2) is 53.1 Å². The molecule has 1 N–H and O–H groups in total. The average molecular weight is 345 g/mol. The molecule has 0 aliphatic heterocycles. The standard InChI is InChI=1S/C17H14BrFN2/c1-11-15(19)5-2-6-16(11)21-10-12-7-8-14(18)13-4-3-9-20-17(12)13/h2-9,21H,10H2,1H3. The van der Waals surface area contributed by atoms with Crippen LogP contribution in [-0.2, 0) is 6.54 Å². The minimum Gasteiger partial charge on any atom is -0.381 e. The Hall–Kier alpha value is -1.94. The zero-order valence-electron chi connectivity index (χ0n) is 11.5. The summed E-state index contributed by atoms with van der Waals surface area (Å²) in [5.74, 6) is -0.196. The van der Waals surface area contributed by atoms with Crippen molar-refractivity contribution >= 4 is 32.5 Å². The summed E-state index contributed by atoms with van der Waals surface area (Å²) in [6.07, 6.45) is 1.78. The molecule has 1 heterocycles. The van der Waals surface area contributed by atoms with Crippen LogP contribution in [0.5, 0.6) is 0 Å². The first kappa shape index (κ1) is 14.0. The zero-order chi connectivity index (χ0) is 14.8. The third-order valence-electron chi connectivity index (χ3n) is 3.54. The van der Waals surface area contributed by atoms with Crippen molar-refractivity contribution in [2.24, 2.45) is 0 Å². The predicted molar refractivity (Wildman–Crippen MR) is 87.9 cm³/mol. The lowest BCUT2D eigenvalue weighted by atomic mass is 10.1. The Morgan fingerprint density at radius 2 is 2.00 bits per heavy atom. The normalized spacial score (nSPS) is 10.8. The summed E-state index contributed by atoms with van der Waals surface area (Å²) < 4.78 is 14.6. The maximum absolute atomic E-state index is 13.6. The lowest BCUT2D eigenvalue weighted by Gasteiger charge is -2.12. The van der Waals surface area contributed by atoms with Crippen LogP contribution in [0.25, 0.3) is 10.9 Å². The van der Waals surface area contributed by atoms with Crippen LogP contribution in [0.1, 0.15) is 11.1 Å². The molecule has 0 amide bonds. The highest BCUT2D eigenvalue weighted by Gasteiger charge is 2.07. The smallest absolute Gasteiger partial charge is 0.128 e. The Balaban J connectivity index is 1.92. The topological polar surface area (TPSA) is 24.9 Å². The van der Waals surface area contributed by atoms with Crippen LogP contribution in [0.3, 0.4) is 0 Å². The monoisotopic (exact) mass is 344 g/mol. The van der Waals surface area contributed by atoms with Crippen molar-refractivity contribution in [3.05, 3.63) is 70.1 Å². The maximum atomic E-state index is 13.6. The molecular formula is C17H14BrFN2. The molecule has 21 heavy (non-hydrogen) atoms. The lowest BCUT2D eigenvalue weighted by molar-refractivity contribution is 0.619. The molecule has 0 spiro atoms. The minimum absolute atomic E-state index is 0.196. The van der Waals surface area contributed by atoms with Crippen LogP contribution in [0, 0.1) is 12.7 Å². The largest absolute Gasteiger partial charge is 0.381 e. The Kier molecular flexibility index (Phi) is 3.88. The van der Waals surface area contributed by atoms with E-state index in [1.807, 2.05) is 30.3 Å². The molecule has 0 saturated carbocycles. The van der Waals surface area contributed by atoms with E-state index in [0.717, 1.165) is 26.6 Å². The van der Waals surface area contributed by atoms with Crippen molar-refractivity contribution in [1.29, 1.82) is 0 Å². The zero-order valence-corrected chi connectivity index (χ0v) is 13.1. The second-order valence-electron chi connectivity index (χ2n) is 4.87. The minimum atomic E-state index is -0.196. The van der Waals surface area contributed by atoms with Gasteiger partial charge in [0.25, 0.3) is 0 Å². The van der Waals surface area contributed by atoms with E-state index in [1.165, 1.54) is 6.07 Å². The molecule has 4 heteroatoms. The number of anilines is 1. The Morgan fingerprint density at radius 1 is 1.14 bits per heavy atom. The van der Waals surface area contributed by atoms with Crippen molar-refractivity contribution in [2.45, 2.75) is 13.5 Å². The Bertz CT molecular complexity index is 802. The molecule has 0 saturated heterocycles. The first-order valence-electron chi connectivity index (χ1n) is 6.68. The van der Waals surface area contributed by atoms with Crippen molar-refractivity contribution in [2.75, 3.05) is 5.32 Å². The van der Waals surface area contributed by atoms with Gasteiger partial charge in [0.05, 0.1) is 5.52 Å². The van der Waals surface area contributed by atoms with Crippen LogP contribution in [0.2, 0.25) is 0 Å². The molecule has 0 bridgehead atoms. The molecule has 0 atom stereocenters. The van der Waals surface area contributed by atoms with E-state index in [-0.39, 0.29) is 5.82 Å². The first-order valence-corrected chi connectivity index (χ1v) is 7.47. The molecule has 1 aromatic heterocycles. The lowest BCUT2D eigenvalue weighted by Crippen LogP contribution is -2.03. The molecule has 3 aromatic rings. The second-order valence-corrected chi connectivity index (χ2v) is 5.73. The fourth-order valence-electron chi connectivity index (χ4n) is 2.33. The van der Waals surface area contributed by atoms with Gasteiger partial charge in [0.1, 0.15) is 5.82 Å². The molecule has 0 aliphatic rings. The number of benzene rings is 2. The second kappa shape index (κ2) is 5.82. The van der Waals surface area contributed by atoms with Crippen LogP contribution in [0.4, 0.5) is 10.1 Å². The maximum Gasteiger partial charge on any atom is 0.128 e. The highest BCUT2D eigenvalue weighted by Crippen LogP contribution is 2.26. The molecule has 2 nitrogen and oxygen atoms in total. The summed E-state index contributed by atoms with van der Waals surface area (Å²) in [5.41, 5.74) is 3.47.